The van der Waals surface area contributed by atoms with E-state index in [4.69, 9.17) is 0 Å². The number of nitrogens with one attached hydrogen (secondary N) is 2. The van der Waals surface area contributed by atoms with Crippen LogP contribution in [0.15, 0.2) is 0 Å². The van der Waals surface area contributed by atoms with Crippen molar-refractivity contribution < 1.29 is 14.7 Å². The zero-order valence-electron chi connectivity index (χ0n) is 12.1. The van der Waals surface area contributed by atoms with E-state index in [-0.39, 0.29) is 36.5 Å². The molecule has 0 aromatic heterocycles. The van der Waals surface area contributed by atoms with Crippen molar-refractivity contribution in [1.29, 1.82) is 0 Å². The number of amides is 3. The third kappa shape index (κ3) is 4.45. The van der Waals surface area contributed by atoms with Crippen molar-refractivity contribution in [2.24, 2.45) is 5.92 Å². The van der Waals surface area contributed by atoms with Gasteiger partial charge in [-0.3, -0.25) is 15.0 Å². The Balaban J connectivity index is 1.68. The molecule has 0 spiro atoms. The molecule has 1 saturated heterocycles. The van der Waals surface area contributed by atoms with Gasteiger partial charge in [-0.25, -0.2) is 4.79 Å². The van der Waals surface area contributed by atoms with Crippen LogP contribution in [-0.4, -0.2) is 53.7 Å². The van der Waals surface area contributed by atoms with E-state index in [0.717, 1.165) is 25.7 Å². The van der Waals surface area contributed by atoms with Crippen molar-refractivity contribution in [2.75, 3.05) is 19.6 Å². The molecule has 3 N–H and O–H groups in total. The summed E-state index contributed by atoms with van der Waals surface area (Å²) in [5.41, 5.74) is 0. The van der Waals surface area contributed by atoms with Crippen molar-refractivity contribution in [2.45, 2.75) is 51.2 Å². The molecule has 114 valence electrons. The normalized spacial score (nSPS) is 28.3. The Morgan fingerprint density at radius 1 is 1.25 bits per heavy atom. The second-order valence-corrected chi connectivity index (χ2v) is 6.07. The topological polar surface area (TPSA) is 81.7 Å². The lowest BCUT2D eigenvalue weighted by atomic mass is 9.97. The summed E-state index contributed by atoms with van der Waals surface area (Å²) < 4.78 is 0. The first-order chi connectivity index (χ1) is 9.54. The average molecular weight is 283 g/mol. The Morgan fingerprint density at radius 3 is 2.60 bits per heavy atom. The zero-order chi connectivity index (χ0) is 14.5. The number of aliphatic hydroxyl groups is 1. The van der Waals surface area contributed by atoms with E-state index in [1.54, 1.807) is 0 Å². The maximum atomic E-state index is 11.8. The first-order valence-electron chi connectivity index (χ1n) is 7.55. The van der Waals surface area contributed by atoms with Crippen LogP contribution >= 0.6 is 0 Å². The fourth-order valence-electron chi connectivity index (χ4n) is 3.02. The van der Waals surface area contributed by atoms with Crippen LogP contribution in [0.2, 0.25) is 0 Å². The number of aliphatic hydroxyl groups excluding tert-OH is 1. The molecule has 2 unspecified atom stereocenters. The lowest BCUT2D eigenvalue weighted by Gasteiger charge is -2.33. The van der Waals surface area contributed by atoms with Gasteiger partial charge < -0.3 is 10.4 Å². The van der Waals surface area contributed by atoms with Crippen LogP contribution in [0.25, 0.3) is 0 Å². The number of carbonyl (C=O) groups is 2. The summed E-state index contributed by atoms with van der Waals surface area (Å²) >= 11 is 0. The molecule has 20 heavy (non-hydrogen) atoms. The molecule has 0 radical (unpaired) electrons. The number of hydrogen-bond acceptors (Lipinski definition) is 4. The molecule has 6 heteroatoms. The number of hydrogen-bond donors (Lipinski definition) is 3. The van der Waals surface area contributed by atoms with Gasteiger partial charge in [0.15, 0.2) is 0 Å². The number of carbonyl (C=O) groups excluding carboxylic acids is 2. The molecule has 1 aliphatic heterocycles. The first-order valence-corrected chi connectivity index (χ1v) is 7.55. The maximum Gasteiger partial charge on any atom is 0.321 e. The number of nitrogens with zero attached hydrogens (tertiary/aromatic N) is 1. The summed E-state index contributed by atoms with van der Waals surface area (Å²) in [5.74, 6) is -0.104. The van der Waals surface area contributed by atoms with Crippen LogP contribution in [0.5, 0.6) is 0 Å². The summed E-state index contributed by atoms with van der Waals surface area (Å²) in [6, 6.07) is -0.167. The van der Waals surface area contributed by atoms with Crippen LogP contribution in [0.4, 0.5) is 4.79 Å². The lowest BCUT2D eigenvalue weighted by molar-refractivity contribution is -0.122. The fourth-order valence-corrected chi connectivity index (χ4v) is 3.02. The molecule has 0 aromatic rings. The highest BCUT2D eigenvalue weighted by Gasteiger charge is 2.26. The second-order valence-electron chi connectivity index (χ2n) is 6.07. The number of urea groups is 1. The van der Waals surface area contributed by atoms with Crippen molar-refractivity contribution >= 4 is 11.9 Å². The van der Waals surface area contributed by atoms with Gasteiger partial charge in [-0.15, -0.1) is 0 Å². The van der Waals surface area contributed by atoms with E-state index in [9.17, 15) is 14.7 Å². The van der Waals surface area contributed by atoms with Gasteiger partial charge in [-0.1, -0.05) is 19.8 Å². The van der Waals surface area contributed by atoms with Crippen molar-refractivity contribution in [3.8, 4) is 0 Å². The fraction of sp³-hybridized carbons (Fsp3) is 0.857. The van der Waals surface area contributed by atoms with Crippen molar-refractivity contribution in [1.82, 2.24) is 15.5 Å². The van der Waals surface area contributed by atoms with E-state index in [2.05, 4.69) is 10.6 Å². The van der Waals surface area contributed by atoms with Crippen molar-refractivity contribution in [3.63, 3.8) is 0 Å². The predicted octanol–water partition coefficient (Wildman–Crippen LogP) is 0.458. The van der Waals surface area contributed by atoms with Gasteiger partial charge in [0, 0.05) is 19.1 Å². The Hall–Kier alpha value is -1.14. The smallest absolute Gasteiger partial charge is 0.321 e. The largest absolute Gasteiger partial charge is 0.393 e. The van der Waals surface area contributed by atoms with Gasteiger partial charge in [0.05, 0.1) is 12.6 Å². The van der Waals surface area contributed by atoms with E-state index in [0.29, 0.717) is 19.5 Å². The third-order valence-electron chi connectivity index (χ3n) is 4.25. The zero-order valence-corrected chi connectivity index (χ0v) is 12.1. The summed E-state index contributed by atoms with van der Waals surface area (Å²) in [4.78, 5) is 25.5. The molecular formula is C14H25N3O3. The molecule has 2 atom stereocenters. The lowest BCUT2D eigenvalue weighted by Crippen LogP contribution is -2.50. The highest BCUT2D eigenvalue weighted by atomic mass is 16.3. The molecule has 6 nitrogen and oxygen atoms in total. The van der Waals surface area contributed by atoms with E-state index >= 15 is 0 Å². The van der Waals surface area contributed by atoms with Crippen LogP contribution in [0.1, 0.15) is 39.0 Å². The number of piperidine rings is 1. The molecular weight excluding hydrogens is 258 g/mol. The summed E-state index contributed by atoms with van der Waals surface area (Å²) in [5, 5.41) is 14.9. The van der Waals surface area contributed by atoms with Crippen LogP contribution < -0.4 is 10.6 Å². The SMILES string of the molecule is CC1CN(CC(=O)NC(=O)NC2CCCC2)CCC1O. The summed E-state index contributed by atoms with van der Waals surface area (Å²) in [6.07, 6.45) is 4.70. The average Bonchev–Trinajstić information content (AvgIpc) is 2.86. The van der Waals surface area contributed by atoms with Gasteiger partial charge in [-0.05, 0) is 25.2 Å². The van der Waals surface area contributed by atoms with Gasteiger partial charge in [-0.2, -0.15) is 0 Å². The summed E-state index contributed by atoms with van der Waals surface area (Å²) in [6.45, 7) is 3.58. The van der Waals surface area contributed by atoms with Gasteiger partial charge >= 0.3 is 6.03 Å². The predicted molar refractivity (Wildman–Crippen MR) is 75.2 cm³/mol. The van der Waals surface area contributed by atoms with E-state index < -0.39 is 0 Å². The molecule has 1 heterocycles. The second kappa shape index (κ2) is 7.04. The number of likely N-dealkylation sites (tertiary alicyclic amines) is 1. The Morgan fingerprint density at radius 2 is 1.95 bits per heavy atom. The molecule has 3 amide bonds. The van der Waals surface area contributed by atoms with Gasteiger partial charge in [0.2, 0.25) is 5.91 Å². The van der Waals surface area contributed by atoms with E-state index in [1.165, 1.54) is 0 Å². The number of rotatable bonds is 3. The third-order valence-corrected chi connectivity index (χ3v) is 4.25. The summed E-state index contributed by atoms with van der Waals surface area (Å²) in [7, 11) is 0. The Labute approximate surface area is 119 Å². The molecule has 0 bridgehead atoms. The minimum absolute atomic E-state index is 0.170. The molecule has 2 fully saturated rings. The molecule has 0 aromatic carbocycles. The molecule has 1 aliphatic carbocycles. The van der Waals surface area contributed by atoms with Gasteiger partial charge in [0.1, 0.15) is 0 Å². The van der Waals surface area contributed by atoms with E-state index in [1.807, 2.05) is 11.8 Å². The van der Waals surface area contributed by atoms with Gasteiger partial charge in [0.25, 0.3) is 0 Å². The Bertz CT molecular complexity index is 356. The highest BCUT2D eigenvalue weighted by molar-refractivity contribution is 5.95. The van der Waals surface area contributed by atoms with Crippen LogP contribution in [0, 0.1) is 5.92 Å². The first kappa shape index (κ1) is 15.3. The molecule has 2 rings (SSSR count). The minimum Gasteiger partial charge on any atom is -0.393 e. The molecule has 2 aliphatic rings. The standard InChI is InChI=1S/C14H25N3O3/c1-10-8-17(7-6-12(10)18)9-13(19)16-14(20)15-11-4-2-3-5-11/h10-12,18H,2-9H2,1H3,(H2,15,16,19,20). The molecule has 1 saturated carbocycles. The maximum absolute atomic E-state index is 11.8. The monoisotopic (exact) mass is 283 g/mol. The Kier molecular flexibility index (Phi) is 5.37. The quantitative estimate of drug-likeness (QED) is 0.703. The number of imide groups is 1. The van der Waals surface area contributed by atoms with Crippen LogP contribution in [-0.2, 0) is 4.79 Å². The van der Waals surface area contributed by atoms with Crippen LogP contribution in [0.3, 0.4) is 0 Å². The van der Waals surface area contributed by atoms with Crippen molar-refractivity contribution in [3.05, 3.63) is 0 Å². The minimum atomic E-state index is -0.382. The highest BCUT2D eigenvalue weighted by Crippen LogP contribution is 2.17.